The van der Waals surface area contributed by atoms with Crippen LogP contribution in [-0.2, 0) is 4.74 Å². The van der Waals surface area contributed by atoms with E-state index in [1.165, 1.54) is 64.2 Å². The van der Waals surface area contributed by atoms with E-state index in [4.69, 9.17) is 4.74 Å². The van der Waals surface area contributed by atoms with Crippen LogP contribution in [0.1, 0.15) is 70.6 Å². The molecular formula is C17H31NO2. The van der Waals surface area contributed by atoms with E-state index in [-0.39, 0.29) is 5.60 Å². The van der Waals surface area contributed by atoms with Gasteiger partial charge in [-0.1, -0.05) is 32.1 Å². The van der Waals surface area contributed by atoms with Crippen molar-refractivity contribution in [3.8, 4) is 0 Å². The monoisotopic (exact) mass is 281 g/mol. The van der Waals surface area contributed by atoms with Gasteiger partial charge in [0.25, 0.3) is 0 Å². The Morgan fingerprint density at radius 2 is 1.80 bits per heavy atom. The molecule has 1 heterocycles. The van der Waals surface area contributed by atoms with Crippen molar-refractivity contribution in [2.24, 2.45) is 5.92 Å². The third kappa shape index (κ3) is 3.37. The molecule has 0 aromatic heterocycles. The molecule has 0 bridgehead atoms. The Hall–Kier alpha value is -0.120. The van der Waals surface area contributed by atoms with E-state index in [9.17, 15) is 5.11 Å². The highest BCUT2D eigenvalue weighted by Crippen LogP contribution is 2.39. The van der Waals surface area contributed by atoms with E-state index >= 15 is 0 Å². The summed E-state index contributed by atoms with van der Waals surface area (Å²) in [5.74, 6) is 0.480. The molecule has 1 spiro atoms. The number of nitrogens with one attached hydrogen (secondary N) is 1. The minimum atomic E-state index is 0.192. The molecule has 116 valence electrons. The SMILES string of the molecule is OCC1CCCCC1NC1CCOC2(CCCCC2)C1. The molecular weight excluding hydrogens is 250 g/mol. The molecule has 3 atom stereocenters. The van der Waals surface area contributed by atoms with Crippen molar-refractivity contribution in [2.45, 2.75) is 88.3 Å². The number of ether oxygens (including phenoxy) is 1. The molecule has 3 aliphatic rings. The van der Waals surface area contributed by atoms with Gasteiger partial charge in [-0.15, -0.1) is 0 Å². The van der Waals surface area contributed by atoms with Crippen LogP contribution in [0.5, 0.6) is 0 Å². The summed E-state index contributed by atoms with van der Waals surface area (Å²) in [5.41, 5.74) is 0.192. The lowest BCUT2D eigenvalue weighted by molar-refractivity contribution is -0.111. The first-order chi connectivity index (χ1) is 9.81. The van der Waals surface area contributed by atoms with Crippen LogP contribution in [0, 0.1) is 5.92 Å². The molecule has 3 heteroatoms. The molecule has 2 N–H and O–H groups in total. The standard InChI is InChI=1S/C17H31NO2/c19-13-14-6-2-3-7-16(14)18-15-8-11-20-17(12-15)9-4-1-5-10-17/h14-16,18-19H,1-13H2. The maximum absolute atomic E-state index is 9.57. The van der Waals surface area contributed by atoms with E-state index in [1.54, 1.807) is 0 Å². The lowest BCUT2D eigenvalue weighted by Crippen LogP contribution is -2.52. The summed E-state index contributed by atoms with van der Waals surface area (Å²) < 4.78 is 6.19. The molecule has 1 aliphatic heterocycles. The highest BCUT2D eigenvalue weighted by molar-refractivity contribution is 4.94. The van der Waals surface area contributed by atoms with Gasteiger partial charge < -0.3 is 15.2 Å². The maximum atomic E-state index is 9.57. The first-order valence-corrected chi connectivity index (χ1v) is 8.82. The van der Waals surface area contributed by atoms with E-state index in [0.29, 0.717) is 24.6 Å². The highest BCUT2D eigenvalue weighted by atomic mass is 16.5. The van der Waals surface area contributed by atoms with E-state index in [1.807, 2.05) is 0 Å². The first-order valence-electron chi connectivity index (χ1n) is 8.82. The van der Waals surface area contributed by atoms with E-state index in [2.05, 4.69) is 5.32 Å². The van der Waals surface area contributed by atoms with Gasteiger partial charge in [0.05, 0.1) is 5.60 Å². The van der Waals surface area contributed by atoms with Gasteiger partial charge in [0.2, 0.25) is 0 Å². The maximum Gasteiger partial charge on any atom is 0.0697 e. The van der Waals surface area contributed by atoms with Crippen molar-refractivity contribution < 1.29 is 9.84 Å². The number of aliphatic hydroxyl groups is 1. The molecule has 0 radical (unpaired) electrons. The molecule has 3 unspecified atom stereocenters. The second-order valence-electron chi connectivity index (χ2n) is 7.28. The van der Waals surface area contributed by atoms with Crippen LogP contribution in [-0.4, -0.2) is 36.0 Å². The van der Waals surface area contributed by atoms with Gasteiger partial charge in [0.1, 0.15) is 0 Å². The van der Waals surface area contributed by atoms with Crippen molar-refractivity contribution in [1.82, 2.24) is 5.32 Å². The lowest BCUT2D eigenvalue weighted by atomic mass is 9.77. The minimum Gasteiger partial charge on any atom is -0.396 e. The van der Waals surface area contributed by atoms with Gasteiger partial charge in [-0.2, -0.15) is 0 Å². The largest absolute Gasteiger partial charge is 0.396 e. The predicted octanol–water partition coefficient (Wildman–Crippen LogP) is 3.01. The lowest BCUT2D eigenvalue weighted by Gasteiger charge is -2.45. The zero-order valence-corrected chi connectivity index (χ0v) is 12.8. The van der Waals surface area contributed by atoms with Crippen LogP contribution in [0.25, 0.3) is 0 Å². The summed E-state index contributed by atoms with van der Waals surface area (Å²) in [6.45, 7) is 1.28. The third-order valence-electron chi connectivity index (χ3n) is 5.85. The van der Waals surface area contributed by atoms with Crippen molar-refractivity contribution in [3.63, 3.8) is 0 Å². The van der Waals surface area contributed by atoms with Crippen LogP contribution >= 0.6 is 0 Å². The highest BCUT2D eigenvalue weighted by Gasteiger charge is 2.39. The molecule has 2 aliphatic carbocycles. The zero-order chi connectivity index (χ0) is 13.8. The van der Waals surface area contributed by atoms with Crippen molar-refractivity contribution in [2.75, 3.05) is 13.2 Å². The van der Waals surface area contributed by atoms with Crippen LogP contribution in [0.2, 0.25) is 0 Å². The minimum absolute atomic E-state index is 0.192. The molecule has 0 amide bonds. The summed E-state index contributed by atoms with van der Waals surface area (Å²) >= 11 is 0. The van der Waals surface area contributed by atoms with Gasteiger partial charge in [-0.25, -0.2) is 0 Å². The number of hydrogen-bond acceptors (Lipinski definition) is 3. The number of rotatable bonds is 3. The fraction of sp³-hybridized carbons (Fsp3) is 1.00. The van der Waals surface area contributed by atoms with Crippen LogP contribution in [0.3, 0.4) is 0 Å². The summed E-state index contributed by atoms with van der Waals surface area (Å²) in [5, 5.41) is 13.5. The van der Waals surface area contributed by atoms with Gasteiger partial charge in [0.15, 0.2) is 0 Å². The van der Waals surface area contributed by atoms with E-state index < -0.39 is 0 Å². The Morgan fingerprint density at radius 1 is 1.00 bits per heavy atom. The van der Waals surface area contributed by atoms with Crippen molar-refractivity contribution in [3.05, 3.63) is 0 Å². The Morgan fingerprint density at radius 3 is 2.60 bits per heavy atom. The average Bonchev–Trinajstić information content (AvgIpc) is 2.49. The summed E-state index contributed by atoms with van der Waals surface area (Å²) in [6.07, 6.45) is 14.0. The van der Waals surface area contributed by atoms with Gasteiger partial charge in [0, 0.05) is 25.3 Å². The molecule has 1 saturated heterocycles. The van der Waals surface area contributed by atoms with Crippen LogP contribution < -0.4 is 5.32 Å². The van der Waals surface area contributed by atoms with Gasteiger partial charge in [-0.3, -0.25) is 0 Å². The van der Waals surface area contributed by atoms with Crippen molar-refractivity contribution in [1.29, 1.82) is 0 Å². The molecule has 3 rings (SSSR count). The molecule has 20 heavy (non-hydrogen) atoms. The Bertz CT molecular complexity index is 296. The molecule has 0 aromatic carbocycles. The second-order valence-corrected chi connectivity index (χ2v) is 7.28. The fourth-order valence-corrected chi connectivity index (χ4v) is 4.66. The Kier molecular flexibility index (Phi) is 5.00. The van der Waals surface area contributed by atoms with Crippen LogP contribution in [0.15, 0.2) is 0 Å². The van der Waals surface area contributed by atoms with Gasteiger partial charge in [-0.05, 0) is 44.4 Å². The van der Waals surface area contributed by atoms with Crippen LogP contribution in [0.4, 0.5) is 0 Å². The quantitative estimate of drug-likeness (QED) is 0.835. The van der Waals surface area contributed by atoms with Crippen molar-refractivity contribution >= 4 is 0 Å². The fourth-order valence-electron chi connectivity index (χ4n) is 4.66. The van der Waals surface area contributed by atoms with E-state index in [0.717, 1.165) is 13.0 Å². The molecule has 3 fully saturated rings. The number of hydrogen-bond donors (Lipinski definition) is 2. The zero-order valence-electron chi connectivity index (χ0n) is 12.8. The Labute approximate surface area is 123 Å². The summed E-state index contributed by atoms with van der Waals surface area (Å²) in [7, 11) is 0. The molecule has 2 saturated carbocycles. The predicted molar refractivity (Wildman–Crippen MR) is 80.8 cm³/mol. The summed E-state index contributed by atoms with van der Waals surface area (Å²) in [4.78, 5) is 0. The topological polar surface area (TPSA) is 41.5 Å². The summed E-state index contributed by atoms with van der Waals surface area (Å²) in [6, 6.07) is 1.15. The molecule has 0 aromatic rings. The van der Waals surface area contributed by atoms with Gasteiger partial charge >= 0.3 is 0 Å². The average molecular weight is 281 g/mol. The normalized spacial score (nSPS) is 38.0. The third-order valence-corrected chi connectivity index (χ3v) is 5.85. The Balaban J connectivity index is 1.56. The second kappa shape index (κ2) is 6.76. The molecule has 3 nitrogen and oxygen atoms in total. The smallest absolute Gasteiger partial charge is 0.0697 e. The number of aliphatic hydroxyl groups excluding tert-OH is 1. The first kappa shape index (κ1) is 14.8.